The fourth-order valence-corrected chi connectivity index (χ4v) is 2.80. The summed E-state index contributed by atoms with van der Waals surface area (Å²) in [6.07, 6.45) is 0. The molecule has 2 aromatic rings. The van der Waals surface area contributed by atoms with Crippen LogP contribution in [0.4, 0.5) is 10.1 Å². The topological polar surface area (TPSA) is 29.3 Å². The smallest absolute Gasteiger partial charge is 0.128 e. The van der Waals surface area contributed by atoms with Gasteiger partial charge in [0.1, 0.15) is 10.8 Å². The maximum absolute atomic E-state index is 13.6. The Kier molecular flexibility index (Phi) is 4.73. The predicted molar refractivity (Wildman–Crippen MR) is 88.5 cm³/mol. The van der Waals surface area contributed by atoms with Crippen molar-refractivity contribution in [3.05, 3.63) is 63.9 Å². The van der Waals surface area contributed by atoms with E-state index in [0.29, 0.717) is 17.1 Å². The first kappa shape index (κ1) is 14.9. The lowest BCUT2D eigenvalue weighted by atomic mass is 10.1. The molecule has 0 heterocycles. The lowest BCUT2D eigenvalue weighted by Gasteiger charge is -2.20. The molecule has 0 amide bonds. The molecule has 0 spiro atoms. The van der Waals surface area contributed by atoms with Crippen LogP contribution >= 0.6 is 28.1 Å². The van der Waals surface area contributed by atoms with Gasteiger partial charge in [0.05, 0.1) is 0 Å². The van der Waals surface area contributed by atoms with Crippen molar-refractivity contribution in [1.29, 1.82) is 0 Å². The largest absolute Gasteiger partial charge is 0.389 e. The molecule has 0 fully saturated rings. The predicted octanol–water partition coefficient (Wildman–Crippen LogP) is 3.86. The first-order valence-electron chi connectivity index (χ1n) is 6.03. The molecule has 0 aromatic heterocycles. The van der Waals surface area contributed by atoms with Gasteiger partial charge in [-0.1, -0.05) is 30.4 Å². The summed E-state index contributed by atoms with van der Waals surface area (Å²) in [5.41, 5.74) is 8.03. The molecule has 0 aliphatic rings. The fourth-order valence-electron chi connectivity index (χ4n) is 1.91. The molecule has 2 rings (SSSR count). The zero-order valence-electron chi connectivity index (χ0n) is 10.9. The Labute approximate surface area is 131 Å². The molecule has 2 nitrogen and oxygen atoms in total. The van der Waals surface area contributed by atoms with Crippen LogP contribution in [0.15, 0.2) is 46.9 Å². The molecule has 0 bridgehead atoms. The van der Waals surface area contributed by atoms with Crippen LogP contribution in [0.2, 0.25) is 0 Å². The van der Waals surface area contributed by atoms with Gasteiger partial charge >= 0.3 is 0 Å². The number of hydrogen-bond donors (Lipinski definition) is 1. The van der Waals surface area contributed by atoms with Crippen molar-refractivity contribution >= 4 is 38.8 Å². The van der Waals surface area contributed by atoms with Gasteiger partial charge in [-0.05, 0) is 40.2 Å². The highest BCUT2D eigenvalue weighted by Crippen LogP contribution is 2.25. The van der Waals surface area contributed by atoms with Crippen molar-refractivity contribution in [3.8, 4) is 0 Å². The van der Waals surface area contributed by atoms with E-state index in [4.69, 9.17) is 18.0 Å². The molecule has 2 N–H and O–H groups in total. The first-order valence-corrected chi connectivity index (χ1v) is 7.23. The number of rotatable bonds is 4. The maximum atomic E-state index is 13.6. The Hall–Kier alpha value is -1.46. The molecule has 0 aliphatic heterocycles. The quantitative estimate of drug-likeness (QED) is 0.847. The Bertz CT molecular complexity index is 646. The van der Waals surface area contributed by atoms with E-state index < -0.39 is 0 Å². The van der Waals surface area contributed by atoms with E-state index in [1.54, 1.807) is 12.1 Å². The van der Waals surface area contributed by atoms with Gasteiger partial charge in [0, 0.05) is 34.9 Å². The summed E-state index contributed by atoms with van der Waals surface area (Å²) in [6.45, 7) is 0.492. The lowest BCUT2D eigenvalue weighted by Crippen LogP contribution is -2.18. The third kappa shape index (κ3) is 3.35. The zero-order chi connectivity index (χ0) is 14.7. The number of thiocarbonyl (C=S) groups is 1. The Morgan fingerprint density at radius 1 is 1.30 bits per heavy atom. The van der Waals surface area contributed by atoms with Gasteiger partial charge in [-0.25, -0.2) is 4.39 Å². The second-order valence-corrected chi connectivity index (χ2v) is 5.77. The molecule has 0 saturated carbocycles. The fraction of sp³-hybridized carbons (Fsp3) is 0.133. The normalized spacial score (nSPS) is 10.3. The first-order chi connectivity index (χ1) is 9.49. The maximum Gasteiger partial charge on any atom is 0.128 e. The van der Waals surface area contributed by atoms with Gasteiger partial charge < -0.3 is 10.6 Å². The summed E-state index contributed by atoms with van der Waals surface area (Å²) >= 11 is 8.41. The molecule has 104 valence electrons. The molecule has 0 aliphatic carbocycles. The van der Waals surface area contributed by atoms with E-state index in [2.05, 4.69) is 15.9 Å². The molecular weight excluding hydrogens is 339 g/mol. The number of anilines is 1. The minimum Gasteiger partial charge on any atom is -0.389 e. The summed E-state index contributed by atoms with van der Waals surface area (Å²) in [5.74, 6) is -0.196. The van der Waals surface area contributed by atoms with Crippen molar-refractivity contribution in [2.24, 2.45) is 5.73 Å². The van der Waals surface area contributed by atoms with E-state index in [0.717, 1.165) is 15.7 Å². The van der Waals surface area contributed by atoms with E-state index >= 15 is 0 Å². The molecule has 2 aromatic carbocycles. The van der Waals surface area contributed by atoms with E-state index in [-0.39, 0.29) is 5.82 Å². The van der Waals surface area contributed by atoms with Crippen molar-refractivity contribution in [2.45, 2.75) is 6.54 Å². The van der Waals surface area contributed by atoms with Gasteiger partial charge in [0.15, 0.2) is 0 Å². The van der Waals surface area contributed by atoms with Crippen LogP contribution in [0.25, 0.3) is 0 Å². The van der Waals surface area contributed by atoms with Crippen LogP contribution in [0, 0.1) is 5.82 Å². The average molecular weight is 353 g/mol. The molecule has 0 unspecified atom stereocenters. The lowest BCUT2D eigenvalue weighted by molar-refractivity contribution is 0.608. The monoisotopic (exact) mass is 352 g/mol. The SMILES string of the molecule is CN(Cc1ccccc1F)c1ccc(C(N)=S)c(Br)c1. The number of nitrogens with zero attached hydrogens (tertiary/aromatic N) is 1. The highest BCUT2D eigenvalue weighted by atomic mass is 79.9. The van der Waals surface area contributed by atoms with Crippen molar-refractivity contribution < 1.29 is 4.39 Å². The summed E-state index contributed by atoms with van der Waals surface area (Å²) in [4.78, 5) is 2.31. The van der Waals surface area contributed by atoms with Gasteiger partial charge in [-0.15, -0.1) is 0 Å². The highest BCUT2D eigenvalue weighted by Gasteiger charge is 2.09. The van der Waals surface area contributed by atoms with E-state index in [1.807, 2.05) is 36.2 Å². The van der Waals surface area contributed by atoms with Gasteiger partial charge in [0.25, 0.3) is 0 Å². The summed E-state index contributed by atoms with van der Waals surface area (Å²) in [7, 11) is 1.91. The third-order valence-electron chi connectivity index (χ3n) is 3.02. The molecule has 0 atom stereocenters. The summed E-state index contributed by atoms with van der Waals surface area (Å²) in [5, 5.41) is 0. The second kappa shape index (κ2) is 6.33. The molecular formula is C15H14BrFN2S. The van der Waals surface area contributed by atoms with Crippen molar-refractivity contribution in [1.82, 2.24) is 0 Å². The Morgan fingerprint density at radius 2 is 2.00 bits per heavy atom. The van der Waals surface area contributed by atoms with Crippen LogP contribution in [-0.2, 0) is 6.54 Å². The number of hydrogen-bond acceptors (Lipinski definition) is 2. The summed E-state index contributed by atoms with van der Waals surface area (Å²) in [6, 6.07) is 12.5. The minimum absolute atomic E-state index is 0.196. The minimum atomic E-state index is -0.196. The number of nitrogens with two attached hydrogens (primary N) is 1. The molecule has 0 saturated heterocycles. The second-order valence-electron chi connectivity index (χ2n) is 4.48. The molecule has 5 heteroatoms. The zero-order valence-corrected chi connectivity index (χ0v) is 13.3. The molecule has 20 heavy (non-hydrogen) atoms. The standard InChI is InChI=1S/C15H14BrFN2S/c1-19(9-10-4-2-3-5-14(10)17)11-6-7-12(15(18)20)13(16)8-11/h2-8H,9H2,1H3,(H2,18,20). The van der Waals surface area contributed by atoms with Crippen molar-refractivity contribution in [3.63, 3.8) is 0 Å². The van der Waals surface area contributed by atoms with Gasteiger partial charge in [-0.3, -0.25) is 0 Å². The van der Waals surface area contributed by atoms with Crippen molar-refractivity contribution in [2.75, 3.05) is 11.9 Å². The van der Waals surface area contributed by atoms with Crippen LogP contribution in [0.5, 0.6) is 0 Å². The third-order valence-corrected chi connectivity index (χ3v) is 3.90. The number of halogens is 2. The molecule has 0 radical (unpaired) electrons. The Balaban J connectivity index is 2.22. The van der Waals surface area contributed by atoms with Gasteiger partial charge in [0.2, 0.25) is 0 Å². The van der Waals surface area contributed by atoms with Crippen LogP contribution in [0.1, 0.15) is 11.1 Å². The summed E-state index contributed by atoms with van der Waals surface area (Å²) < 4.78 is 14.5. The Morgan fingerprint density at radius 3 is 2.60 bits per heavy atom. The highest BCUT2D eigenvalue weighted by molar-refractivity contribution is 9.10. The van der Waals surface area contributed by atoms with Gasteiger partial charge in [-0.2, -0.15) is 0 Å². The van der Waals surface area contributed by atoms with Crippen LogP contribution in [0.3, 0.4) is 0 Å². The van der Waals surface area contributed by atoms with Crippen LogP contribution in [-0.4, -0.2) is 12.0 Å². The average Bonchev–Trinajstić information content (AvgIpc) is 2.40. The van der Waals surface area contributed by atoms with Crippen LogP contribution < -0.4 is 10.6 Å². The van der Waals surface area contributed by atoms with E-state index in [1.165, 1.54) is 6.07 Å². The van der Waals surface area contributed by atoms with E-state index in [9.17, 15) is 4.39 Å². The number of benzene rings is 2.